The summed E-state index contributed by atoms with van der Waals surface area (Å²) in [6.45, 7) is 15.6. The third kappa shape index (κ3) is 14.2. The summed E-state index contributed by atoms with van der Waals surface area (Å²) in [5, 5.41) is 9.51. The Kier molecular flexibility index (Phi) is 18.0. The third-order valence-corrected chi connectivity index (χ3v) is 4.96. The lowest BCUT2D eigenvalue weighted by molar-refractivity contribution is 0.271. The fourth-order valence-electron chi connectivity index (χ4n) is 3.29. The summed E-state index contributed by atoms with van der Waals surface area (Å²) < 4.78 is 0. The maximum atomic E-state index is 9.51. The normalized spacial score (nSPS) is 10.1. The van der Waals surface area contributed by atoms with Crippen LogP contribution in [0.3, 0.4) is 0 Å². The molecule has 0 fully saturated rings. The highest BCUT2D eigenvalue weighted by Crippen LogP contribution is 2.15. The van der Waals surface area contributed by atoms with Gasteiger partial charge in [0.15, 0.2) is 0 Å². The fraction of sp³-hybridized carbons (Fsp3) is 0.571. The second-order valence-corrected chi connectivity index (χ2v) is 7.73. The summed E-state index contributed by atoms with van der Waals surface area (Å²) in [7, 11) is 0. The van der Waals surface area contributed by atoms with Crippen LogP contribution >= 0.6 is 0 Å². The first kappa shape index (κ1) is 28.2. The van der Waals surface area contributed by atoms with Crippen molar-refractivity contribution in [2.24, 2.45) is 0 Å². The van der Waals surface area contributed by atoms with Crippen LogP contribution in [0, 0.1) is 6.92 Å². The van der Waals surface area contributed by atoms with Gasteiger partial charge in [-0.25, -0.2) is 0 Å². The lowest BCUT2D eigenvalue weighted by atomic mass is 10.1. The van der Waals surface area contributed by atoms with Crippen molar-refractivity contribution in [1.29, 1.82) is 0 Å². The molecular formula is C28H47NO. The molecule has 0 saturated heterocycles. The molecule has 0 spiro atoms. The van der Waals surface area contributed by atoms with E-state index in [-0.39, 0.29) is 0 Å². The molecule has 0 aliphatic carbocycles. The Bertz CT molecular complexity index is 585. The van der Waals surface area contributed by atoms with Crippen LogP contribution in [0.5, 0.6) is 5.75 Å². The Labute approximate surface area is 187 Å². The molecular weight excluding hydrogens is 366 g/mol. The van der Waals surface area contributed by atoms with Crippen LogP contribution in [0.4, 0.5) is 0 Å². The number of nitrogens with zero attached hydrogens (tertiary/aromatic N) is 1. The fourth-order valence-corrected chi connectivity index (χ4v) is 3.29. The molecule has 2 nitrogen and oxygen atoms in total. The van der Waals surface area contributed by atoms with Gasteiger partial charge in [0.2, 0.25) is 0 Å². The molecule has 0 atom stereocenters. The van der Waals surface area contributed by atoms with Crippen LogP contribution in [-0.4, -0.2) is 16.6 Å². The van der Waals surface area contributed by atoms with E-state index >= 15 is 0 Å². The second kappa shape index (κ2) is 19.2. The van der Waals surface area contributed by atoms with Gasteiger partial charge in [-0.1, -0.05) is 122 Å². The first-order valence-corrected chi connectivity index (χ1v) is 12.1. The number of phenols is 1. The average Bonchev–Trinajstić information content (AvgIpc) is 2.75. The van der Waals surface area contributed by atoms with Crippen LogP contribution in [0.2, 0.25) is 0 Å². The van der Waals surface area contributed by atoms with Gasteiger partial charge >= 0.3 is 0 Å². The molecule has 2 aromatic rings. The summed E-state index contributed by atoms with van der Waals surface area (Å²) in [5.74, 6) is 0.337. The zero-order valence-electron chi connectivity index (χ0n) is 20.6. The van der Waals surface area contributed by atoms with Crippen LogP contribution in [0.25, 0.3) is 0 Å². The molecule has 0 bridgehead atoms. The Morgan fingerprint density at radius 1 is 0.700 bits per heavy atom. The van der Waals surface area contributed by atoms with Gasteiger partial charge in [-0.2, -0.15) is 0 Å². The molecule has 0 aliphatic heterocycles. The van der Waals surface area contributed by atoms with Crippen molar-refractivity contribution in [2.45, 2.75) is 99.6 Å². The van der Waals surface area contributed by atoms with Crippen molar-refractivity contribution >= 4 is 0 Å². The summed E-state index contributed by atoms with van der Waals surface area (Å²) in [4.78, 5) is 2.36. The number of unbranched alkanes of at least 4 members (excludes halogenated alkanes) is 6. The average molecular weight is 414 g/mol. The second-order valence-electron chi connectivity index (χ2n) is 7.73. The molecule has 2 heteroatoms. The summed E-state index contributed by atoms with van der Waals surface area (Å²) in [5.41, 5.74) is 3.78. The predicted molar refractivity (Wildman–Crippen MR) is 134 cm³/mol. The highest BCUT2D eigenvalue weighted by Gasteiger charge is 2.05. The zero-order valence-corrected chi connectivity index (χ0v) is 20.6. The van der Waals surface area contributed by atoms with Crippen LogP contribution in [0.15, 0.2) is 48.5 Å². The van der Waals surface area contributed by atoms with Crippen molar-refractivity contribution in [3.8, 4) is 5.75 Å². The quantitative estimate of drug-likeness (QED) is 0.373. The molecule has 2 rings (SSSR count). The third-order valence-electron chi connectivity index (χ3n) is 4.96. The molecule has 30 heavy (non-hydrogen) atoms. The van der Waals surface area contributed by atoms with Crippen LogP contribution in [-0.2, 0) is 13.1 Å². The molecule has 170 valence electrons. The van der Waals surface area contributed by atoms with E-state index in [4.69, 9.17) is 0 Å². The lowest BCUT2D eigenvalue weighted by Gasteiger charge is -2.21. The number of hydrogen-bond acceptors (Lipinski definition) is 2. The van der Waals surface area contributed by atoms with Gasteiger partial charge < -0.3 is 5.11 Å². The number of benzene rings is 2. The first-order valence-electron chi connectivity index (χ1n) is 12.1. The number of rotatable bonds is 11. The molecule has 2 aromatic carbocycles. The molecule has 0 heterocycles. The van der Waals surface area contributed by atoms with Crippen LogP contribution in [0.1, 0.15) is 96.3 Å². The minimum atomic E-state index is 0.337. The summed E-state index contributed by atoms with van der Waals surface area (Å²) in [6.07, 6.45) is 9.97. The minimum Gasteiger partial charge on any atom is -0.508 e. The minimum absolute atomic E-state index is 0.337. The van der Waals surface area contributed by atoms with Gasteiger partial charge in [0.25, 0.3) is 0 Å². The number of aromatic hydroxyl groups is 1. The Morgan fingerprint density at radius 3 is 1.67 bits per heavy atom. The molecule has 0 amide bonds. The maximum absolute atomic E-state index is 9.51. The number of phenolic OH excluding ortho intramolecular Hbond substituents is 1. The van der Waals surface area contributed by atoms with E-state index in [9.17, 15) is 5.11 Å². The SMILES string of the molecule is CC.CCCCCCCCC.CCN(Cc1cccc(C)c1)Cc1cccc(O)c1. The Morgan fingerprint density at radius 2 is 1.20 bits per heavy atom. The van der Waals surface area contributed by atoms with E-state index in [1.807, 2.05) is 26.0 Å². The van der Waals surface area contributed by atoms with E-state index in [1.54, 1.807) is 6.07 Å². The van der Waals surface area contributed by atoms with E-state index in [1.165, 1.54) is 56.1 Å². The van der Waals surface area contributed by atoms with E-state index in [0.717, 1.165) is 25.2 Å². The molecule has 0 saturated carbocycles. The molecule has 0 aromatic heterocycles. The van der Waals surface area contributed by atoms with E-state index < -0.39 is 0 Å². The lowest BCUT2D eigenvalue weighted by Crippen LogP contribution is -2.22. The van der Waals surface area contributed by atoms with Gasteiger partial charge in [-0.05, 0) is 36.7 Å². The number of aryl methyl sites for hydroxylation is 1. The summed E-state index contributed by atoms with van der Waals surface area (Å²) in [6, 6.07) is 16.1. The topological polar surface area (TPSA) is 23.5 Å². The van der Waals surface area contributed by atoms with Crippen molar-refractivity contribution in [3.63, 3.8) is 0 Å². The summed E-state index contributed by atoms with van der Waals surface area (Å²) >= 11 is 0. The molecule has 0 radical (unpaired) electrons. The van der Waals surface area contributed by atoms with E-state index in [2.05, 4.69) is 62.9 Å². The highest BCUT2D eigenvalue weighted by molar-refractivity contribution is 5.27. The van der Waals surface area contributed by atoms with Gasteiger partial charge in [-0.3, -0.25) is 4.90 Å². The highest BCUT2D eigenvalue weighted by atomic mass is 16.3. The molecule has 0 unspecified atom stereocenters. The monoisotopic (exact) mass is 413 g/mol. The van der Waals surface area contributed by atoms with Gasteiger partial charge in [0, 0.05) is 13.1 Å². The smallest absolute Gasteiger partial charge is 0.115 e. The largest absolute Gasteiger partial charge is 0.508 e. The Hall–Kier alpha value is -1.80. The van der Waals surface area contributed by atoms with Gasteiger partial charge in [0.05, 0.1) is 0 Å². The van der Waals surface area contributed by atoms with Crippen molar-refractivity contribution in [2.75, 3.05) is 6.54 Å². The van der Waals surface area contributed by atoms with Crippen LogP contribution < -0.4 is 0 Å². The van der Waals surface area contributed by atoms with E-state index in [0.29, 0.717) is 5.75 Å². The predicted octanol–water partition coefficient (Wildman–Crippen LogP) is 8.51. The Balaban J connectivity index is 0.000000648. The van der Waals surface area contributed by atoms with Gasteiger partial charge in [-0.15, -0.1) is 0 Å². The zero-order chi connectivity index (χ0) is 22.6. The maximum Gasteiger partial charge on any atom is 0.115 e. The van der Waals surface area contributed by atoms with Gasteiger partial charge in [0.1, 0.15) is 5.75 Å². The first-order chi connectivity index (χ1) is 14.6. The number of hydrogen-bond donors (Lipinski definition) is 1. The molecule has 1 N–H and O–H groups in total. The van der Waals surface area contributed by atoms with Crippen molar-refractivity contribution in [1.82, 2.24) is 4.90 Å². The van der Waals surface area contributed by atoms with Crippen molar-refractivity contribution in [3.05, 3.63) is 65.2 Å². The van der Waals surface area contributed by atoms with Crippen molar-refractivity contribution < 1.29 is 5.11 Å². The standard InChI is InChI=1S/C17H21NO.C9H20.C2H6/c1-3-18(12-15-7-4-6-14(2)10-15)13-16-8-5-9-17(19)11-16;1-3-5-7-9-8-6-4-2;1-2/h4-11,19H,3,12-13H2,1-2H3;3-9H2,1-2H3;1-2H3. The molecule has 0 aliphatic rings.